The molecule has 6 heteroatoms. The topological polar surface area (TPSA) is 92.4 Å². The summed E-state index contributed by atoms with van der Waals surface area (Å²) in [5.41, 5.74) is 5.73. The maximum absolute atomic E-state index is 11.2. The van der Waals surface area contributed by atoms with Gasteiger partial charge in [0, 0.05) is 11.2 Å². The summed E-state index contributed by atoms with van der Waals surface area (Å²) in [6.45, 7) is 0.345. The molecule has 0 unspecified atom stereocenters. The SMILES string of the molecule is NC(=O)CNCc1c(C(=O)O)sc2ccccc12. The minimum absolute atomic E-state index is 0.0310. The molecule has 0 spiro atoms. The molecule has 0 aliphatic heterocycles. The fraction of sp³-hybridized carbons (Fsp3) is 0.167. The van der Waals surface area contributed by atoms with Gasteiger partial charge in [-0.25, -0.2) is 4.79 Å². The molecule has 1 aromatic carbocycles. The van der Waals surface area contributed by atoms with Crippen LogP contribution in [0.3, 0.4) is 0 Å². The first-order valence-corrected chi connectivity index (χ1v) is 6.14. The molecule has 2 rings (SSSR count). The summed E-state index contributed by atoms with van der Waals surface area (Å²) >= 11 is 1.24. The van der Waals surface area contributed by atoms with Gasteiger partial charge in [0.1, 0.15) is 4.88 Å². The van der Waals surface area contributed by atoms with Gasteiger partial charge in [0.15, 0.2) is 0 Å². The number of nitrogens with one attached hydrogen (secondary N) is 1. The van der Waals surface area contributed by atoms with Crippen molar-refractivity contribution in [1.82, 2.24) is 5.32 Å². The lowest BCUT2D eigenvalue weighted by Crippen LogP contribution is -2.28. The number of fused-ring (bicyclic) bond motifs is 1. The van der Waals surface area contributed by atoms with Crippen LogP contribution in [0.15, 0.2) is 24.3 Å². The Morgan fingerprint density at radius 3 is 2.72 bits per heavy atom. The smallest absolute Gasteiger partial charge is 0.346 e. The lowest BCUT2D eigenvalue weighted by molar-refractivity contribution is -0.117. The summed E-state index contributed by atoms with van der Waals surface area (Å²) in [5, 5.41) is 12.9. The molecule has 94 valence electrons. The number of carbonyl (C=O) groups excluding carboxylic acids is 1. The van der Waals surface area contributed by atoms with Crippen LogP contribution < -0.4 is 11.1 Å². The normalized spacial score (nSPS) is 10.7. The molecule has 4 N–H and O–H groups in total. The zero-order valence-corrected chi connectivity index (χ0v) is 10.3. The van der Waals surface area contributed by atoms with Crippen LogP contribution >= 0.6 is 11.3 Å². The first kappa shape index (κ1) is 12.5. The number of thiophene rings is 1. The molecule has 0 aliphatic carbocycles. The Hall–Kier alpha value is -1.92. The van der Waals surface area contributed by atoms with Crippen molar-refractivity contribution in [3.63, 3.8) is 0 Å². The summed E-state index contributed by atoms with van der Waals surface area (Å²) < 4.78 is 0.922. The number of aromatic carboxylic acids is 1. The van der Waals surface area contributed by atoms with Crippen LogP contribution in [0, 0.1) is 0 Å². The van der Waals surface area contributed by atoms with Crippen molar-refractivity contribution in [2.75, 3.05) is 6.54 Å². The Morgan fingerprint density at radius 1 is 1.33 bits per heavy atom. The highest BCUT2D eigenvalue weighted by Crippen LogP contribution is 2.31. The molecule has 0 aliphatic rings. The number of amides is 1. The van der Waals surface area contributed by atoms with E-state index in [1.165, 1.54) is 11.3 Å². The molecule has 0 saturated carbocycles. The van der Waals surface area contributed by atoms with Gasteiger partial charge < -0.3 is 16.2 Å². The quantitative estimate of drug-likeness (QED) is 0.756. The second kappa shape index (κ2) is 5.16. The van der Waals surface area contributed by atoms with Gasteiger partial charge in [0.05, 0.1) is 6.54 Å². The van der Waals surface area contributed by atoms with Crippen molar-refractivity contribution in [2.45, 2.75) is 6.54 Å². The molecule has 0 saturated heterocycles. The second-order valence-corrected chi connectivity index (χ2v) is 4.83. The number of carboxylic acids is 1. The van der Waals surface area contributed by atoms with Crippen LogP contribution in [0.5, 0.6) is 0 Å². The molecule has 1 amide bonds. The maximum Gasteiger partial charge on any atom is 0.346 e. The van der Waals surface area contributed by atoms with E-state index in [2.05, 4.69) is 5.32 Å². The van der Waals surface area contributed by atoms with E-state index in [1.807, 2.05) is 24.3 Å². The minimum Gasteiger partial charge on any atom is -0.477 e. The van der Waals surface area contributed by atoms with Crippen LogP contribution in [0.1, 0.15) is 15.2 Å². The van der Waals surface area contributed by atoms with Crippen LogP contribution in [0.2, 0.25) is 0 Å². The third-order valence-electron chi connectivity index (χ3n) is 2.49. The average Bonchev–Trinajstić information content (AvgIpc) is 2.68. The van der Waals surface area contributed by atoms with Crippen LogP contribution in [-0.2, 0) is 11.3 Å². The Bertz CT molecular complexity index is 606. The molecule has 0 fully saturated rings. The predicted octanol–water partition coefficient (Wildman–Crippen LogP) is 1.17. The van der Waals surface area contributed by atoms with E-state index < -0.39 is 11.9 Å². The first-order valence-electron chi connectivity index (χ1n) is 5.32. The van der Waals surface area contributed by atoms with Crippen molar-refractivity contribution in [1.29, 1.82) is 0 Å². The largest absolute Gasteiger partial charge is 0.477 e. The number of primary amides is 1. The number of rotatable bonds is 5. The van der Waals surface area contributed by atoms with E-state index in [9.17, 15) is 9.59 Å². The fourth-order valence-corrected chi connectivity index (χ4v) is 2.82. The number of nitrogens with two attached hydrogens (primary N) is 1. The third-order valence-corrected chi connectivity index (χ3v) is 3.69. The molecule has 0 atom stereocenters. The Labute approximate surface area is 107 Å². The highest BCUT2D eigenvalue weighted by atomic mass is 32.1. The Kier molecular flexibility index (Phi) is 3.59. The van der Waals surface area contributed by atoms with E-state index in [4.69, 9.17) is 10.8 Å². The van der Waals surface area contributed by atoms with Crippen molar-refractivity contribution < 1.29 is 14.7 Å². The van der Waals surface area contributed by atoms with Crippen molar-refractivity contribution in [3.8, 4) is 0 Å². The first-order chi connectivity index (χ1) is 8.59. The summed E-state index contributed by atoms with van der Waals surface area (Å²) in [5.74, 6) is -1.42. The van der Waals surface area contributed by atoms with Gasteiger partial charge in [-0.2, -0.15) is 0 Å². The van der Waals surface area contributed by atoms with Crippen molar-refractivity contribution in [2.24, 2.45) is 5.73 Å². The average molecular weight is 264 g/mol. The maximum atomic E-state index is 11.2. The van der Waals surface area contributed by atoms with Crippen molar-refractivity contribution in [3.05, 3.63) is 34.7 Å². The molecule has 0 bridgehead atoms. The monoisotopic (exact) mass is 264 g/mol. The number of carbonyl (C=O) groups is 2. The zero-order chi connectivity index (χ0) is 13.1. The number of carboxylic acid groups (broad SMARTS) is 1. The Morgan fingerprint density at radius 2 is 2.06 bits per heavy atom. The van der Waals surface area contributed by atoms with Crippen LogP contribution in [0.4, 0.5) is 0 Å². The molecule has 18 heavy (non-hydrogen) atoms. The second-order valence-electron chi connectivity index (χ2n) is 3.78. The molecular formula is C12H12N2O3S. The lowest BCUT2D eigenvalue weighted by atomic mass is 10.1. The molecule has 1 aromatic heterocycles. The van der Waals surface area contributed by atoms with Crippen LogP contribution in [-0.4, -0.2) is 23.5 Å². The summed E-state index contributed by atoms with van der Waals surface area (Å²) in [4.78, 5) is 22.1. The van der Waals surface area contributed by atoms with Crippen LogP contribution in [0.25, 0.3) is 10.1 Å². The van der Waals surface area contributed by atoms with E-state index in [0.717, 1.165) is 10.1 Å². The standard InChI is InChI=1S/C12H12N2O3S/c13-10(15)6-14-5-8-7-3-1-2-4-9(7)18-11(8)12(16)17/h1-4,14H,5-6H2,(H2,13,15)(H,16,17). The van der Waals surface area contributed by atoms with E-state index in [0.29, 0.717) is 17.0 Å². The zero-order valence-electron chi connectivity index (χ0n) is 9.47. The molecule has 1 heterocycles. The lowest BCUT2D eigenvalue weighted by Gasteiger charge is -2.03. The summed E-state index contributed by atoms with van der Waals surface area (Å²) in [6, 6.07) is 7.48. The van der Waals surface area contributed by atoms with Gasteiger partial charge in [0.25, 0.3) is 0 Å². The molecule has 2 aromatic rings. The molecule has 0 radical (unpaired) electrons. The summed E-state index contributed by atoms with van der Waals surface area (Å²) in [6.07, 6.45) is 0. The van der Waals surface area contributed by atoms with Gasteiger partial charge in [-0.15, -0.1) is 11.3 Å². The van der Waals surface area contributed by atoms with E-state index in [-0.39, 0.29) is 6.54 Å². The van der Waals surface area contributed by atoms with Gasteiger partial charge in [-0.1, -0.05) is 18.2 Å². The highest BCUT2D eigenvalue weighted by molar-refractivity contribution is 7.21. The number of hydrogen-bond donors (Lipinski definition) is 3. The number of hydrogen-bond acceptors (Lipinski definition) is 4. The predicted molar refractivity (Wildman–Crippen MR) is 69.7 cm³/mol. The molecule has 5 nitrogen and oxygen atoms in total. The minimum atomic E-state index is -0.952. The van der Waals surface area contributed by atoms with Gasteiger partial charge in [-0.3, -0.25) is 4.79 Å². The summed E-state index contributed by atoms with van der Waals surface area (Å²) in [7, 11) is 0. The van der Waals surface area contributed by atoms with E-state index in [1.54, 1.807) is 0 Å². The van der Waals surface area contributed by atoms with Crippen molar-refractivity contribution >= 4 is 33.3 Å². The van der Waals surface area contributed by atoms with E-state index >= 15 is 0 Å². The van der Waals surface area contributed by atoms with Gasteiger partial charge in [0.2, 0.25) is 5.91 Å². The van der Waals surface area contributed by atoms with Gasteiger partial charge in [-0.05, 0) is 17.0 Å². The third kappa shape index (κ3) is 2.49. The molecular weight excluding hydrogens is 252 g/mol. The highest BCUT2D eigenvalue weighted by Gasteiger charge is 2.16. The fourth-order valence-electron chi connectivity index (χ4n) is 1.76. The number of benzene rings is 1. The Balaban J connectivity index is 2.36. The van der Waals surface area contributed by atoms with Gasteiger partial charge >= 0.3 is 5.97 Å².